The monoisotopic (exact) mass is 214 g/mol. The summed E-state index contributed by atoms with van der Waals surface area (Å²) in [7, 11) is 0. The summed E-state index contributed by atoms with van der Waals surface area (Å²) in [6.45, 7) is 5.49. The number of benzene rings is 1. The molecule has 1 fully saturated rings. The first-order chi connectivity index (χ1) is 7.81. The molecule has 0 unspecified atom stereocenters. The second-order valence-electron chi connectivity index (χ2n) is 4.58. The van der Waals surface area contributed by atoms with Crippen molar-refractivity contribution in [2.45, 2.75) is 26.3 Å². The van der Waals surface area contributed by atoms with Gasteiger partial charge in [0, 0.05) is 13.1 Å². The fraction of sp³-hybridized carbons (Fsp3) is 0.500. The van der Waals surface area contributed by atoms with E-state index in [1.165, 1.54) is 24.9 Å². The smallest absolute Gasteiger partial charge is 0.0991 e. The molecule has 0 saturated heterocycles. The highest BCUT2D eigenvalue weighted by Gasteiger charge is 2.23. The number of nitrogens with zero attached hydrogens (tertiary/aromatic N) is 2. The van der Waals surface area contributed by atoms with Crippen LogP contribution in [0.3, 0.4) is 0 Å². The van der Waals surface area contributed by atoms with Crippen LogP contribution in [0.15, 0.2) is 24.3 Å². The van der Waals surface area contributed by atoms with Gasteiger partial charge in [-0.3, -0.25) is 4.90 Å². The van der Waals surface area contributed by atoms with Gasteiger partial charge in [0.25, 0.3) is 0 Å². The van der Waals surface area contributed by atoms with Crippen LogP contribution in [0.25, 0.3) is 0 Å². The topological polar surface area (TPSA) is 27.0 Å². The van der Waals surface area contributed by atoms with Gasteiger partial charge in [0.05, 0.1) is 11.6 Å². The van der Waals surface area contributed by atoms with E-state index in [0.717, 1.165) is 24.6 Å². The SMILES string of the molecule is CCN(Cc1cccc(C#N)c1)CC1CC1. The molecule has 0 N–H and O–H groups in total. The van der Waals surface area contributed by atoms with Gasteiger partial charge in [-0.25, -0.2) is 0 Å². The molecule has 1 aliphatic carbocycles. The van der Waals surface area contributed by atoms with Crippen molar-refractivity contribution in [2.24, 2.45) is 5.92 Å². The Hall–Kier alpha value is -1.33. The Bertz CT molecular complexity index is 388. The highest BCUT2D eigenvalue weighted by Crippen LogP contribution is 2.30. The number of hydrogen-bond donors (Lipinski definition) is 0. The van der Waals surface area contributed by atoms with Gasteiger partial charge in [-0.05, 0) is 43.0 Å². The Kier molecular flexibility index (Phi) is 3.58. The van der Waals surface area contributed by atoms with Crippen LogP contribution in [0, 0.1) is 17.2 Å². The van der Waals surface area contributed by atoms with E-state index in [9.17, 15) is 0 Å². The lowest BCUT2D eigenvalue weighted by atomic mass is 10.1. The third kappa shape index (κ3) is 3.08. The molecule has 0 aliphatic heterocycles. The van der Waals surface area contributed by atoms with Crippen LogP contribution in [0.2, 0.25) is 0 Å². The average molecular weight is 214 g/mol. The van der Waals surface area contributed by atoms with Gasteiger partial charge in [0.15, 0.2) is 0 Å². The van der Waals surface area contributed by atoms with Crippen molar-refractivity contribution in [2.75, 3.05) is 13.1 Å². The average Bonchev–Trinajstić information content (AvgIpc) is 3.12. The van der Waals surface area contributed by atoms with Crippen LogP contribution >= 0.6 is 0 Å². The van der Waals surface area contributed by atoms with Crippen LogP contribution in [0.5, 0.6) is 0 Å². The van der Waals surface area contributed by atoms with E-state index in [2.05, 4.69) is 24.0 Å². The first-order valence-corrected chi connectivity index (χ1v) is 6.03. The summed E-state index contributed by atoms with van der Waals surface area (Å²) in [6.07, 6.45) is 2.80. The Balaban J connectivity index is 1.97. The van der Waals surface area contributed by atoms with Gasteiger partial charge in [-0.1, -0.05) is 19.1 Å². The summed E-state index contributed by atoms with van der Waals surface area (Å²) in [6, 6.07) is 10.1. The molecule has 0 aromatic heterocycles. The summed E-state index contributed by atoms with van der Waals surface area (Å²) in [5.41, 5.74) is 2.02. The third-order valence-electron chi connectivity index (χ3n) is 3.12. The summed E-state index contributed by atoms with van der Waals surface area (Å²) < 4.78 is 0. The molecule has 2 rings (SSSR count). The molecule has 2 nitrogen and oxygen atoms in total. The zero-order valence-corrected chi connectivity index (χ0v) is 9.82. The molecule has 0 atom stereocenters. The fourth-order valence-corrected chi connectivity index (χ4v) is 1.97. The molecule has 1 aromatic carbocycles. The van der Waals surface area contributed by atoms with Crippen molar-refractivity contribution in [1.29, 1.82) is 5.26 Å². The zero-order valence-electron chi connectivity index (χ0n) is 9.82. The minimum Gasteiger partial charge on any atom is -0.299 e. The Labute approximate surface area is 97.5 Å². The highest BCUT2D eigenvalue weighted by molar-refractivity contribution is 5.32. The van der Waals surface area contributed by atoms with E-state index >= 15 is 0 Å². The van der Waals surface area contributed by atoms with E-state index in [4.69, 9.17) is 5.26 Å². The lowest BCUT2D eigenvalue weighted by Gasteiger charge is -2.20. The number of nitriles is 1. The van der Waals surface area contributed by atoms with Crippen molar-refractivity contribution in [1.82, 2.24) is 4.90 Å². The standard InChI is InChI=1S/C14H18N2/c1-2-16(10-12-6-7-12)11-14-5-3-4-13(8-14)9-15/h3-5,8,12H,2,6-7,10-11H2,1H3. The Morgan fingerprint density at radius 1 is 1.44 bits per heavy atom. The minimum absolute atomic E-state index is 0.764. The molecule has 1 aromatic rings. The predicted octanol–water partition coefficient (Wildman–Crippen LogP) is 2.79. The molecule has 84 valence electrons. The van der Waals surface area contributed by atoms with Gasteiger partial charge in [-0.15, -0.1) is 0 Å². The van der Waals surface area contributed by atoms with Gasteiger partial charge in [-0.2, -0.15) is 5.26 Å². The van der Waals surface area contributed by atoms with Crippen molar-refractivity contribution >= 4 is 0 Å². The summed E-state index contributed by atoms with van der Waals surface area (Å²) in [5, 5.41) is 8.85. The quantitative estimate of drug-likeness (QED) is 0.753. The maximum atomic E-state index is 8.85. The molecular weight excluding hydrogens is 196 g/mol. The first kappa shape index (κ1) is 11.2. The maximum absolute atomic E-state index is 8.85. The Morgan fingerprint density at radius 3 is 2.88 bits per heavy atom. The molecule has 0 radical (unpaired) electrons. The largest absolute Gasteiger partial charge is 0.299 e. The normalized spacial score (nSPS) is 15.1. The van der Waals surface area contributed by atoms with Crippen LogP contribution < -0.4 is 0 Å². The van der Waals surface area contributed by atoms with Crippen LogP contribution in [-0.4, -0.2) is 18.0 Å². The lowest BCUT2D eigenvalue weighted by Crippen LogP contribution is -2.25. The highest BCUT2D eigenvalue weighted by atomic mass is 15.1. The fourth-order valence-electron chi connectivity index (χ4n) is 1.97. The molecule has 16 heavy (non-hydrogen) atoms. The van der Waals surface area contributed by atoms with Crippen molar-refractivity contribution in [3.8, 4) is 6.07 Å². The number of hydrogen-bond acceptors (Lipinski definition) is 2. The molecule has 0 spiro atoms. The molecule has 2 heteroatoms. The Morgan fingerprint density at radius 2 is 2.25 bits per heavy atom. The summed E-state index contributed by atoms with van der Waals surface area (Å²) in [5.74, 6) is 0.930. The predicted molar refractivity (Wildman–Crippen MR) is 64.8 cm³/mol. The molecule has 1 aliphatic rings. The van der Waals surface area contributed by atoms with E-state index in [-0.39, 0.29) is 0 Å². The zero-order chi connectivity index (χ0) is 11.4. The van der Waals surface area contributed by atoms with Gasteiger partial charge in [0.1, 0.15) is 0 Å². The van der Waals surface area contributed by atoms with Crippen LogP contribution in [-0.2, 0) is 6.54 Å². The molecule has 0 amide bonds. The minimum atomic E-state index is 0.764. The van der Waals surface area contributed by atoms with Crippen molar-refractivity contribution in [3.05, 3.63) is 35.4 Å². The summed E-state index contributed by atoms with van der Waals surface area (Å²) >= 11 is 0. The molecular formula is C14H18N2. The number of rotatable bonds is 5. The van der Waals surface area contributed by atoms with E-state index in [0.29, 0.717) is 0 Å². The van der Waals surface area contributed by atoms with E-state index in [1.807, 2.05) is 18.2 Å². The van der Waals surface area contributed by atoms with Gasteiger partial charge in [0.2, 0.25) is 0 Å². The lowest BCUT2D eigenvalue weighted by molar-refractivity contribution is 0.268. The van der Waals surface area contributed by atoms with Gasteiger partial charge >= 0.3 is 0 Å². The third-order valence-corrected chi connectivity index (χ3v) is 3.12. The van der Waals surface area contributed by atoms with Crippen LogP contribution in [0.4, 0.5) is 0 Å². The van der Waals surface area contributed by atoms with Crippen LogP contribution in [0.1, 0.15) is 30.9 Å². The first-order valence-electron chi connectivity index (χ1n) is 6.03. The summed E-state index contributed by atoms with van der Waals surface area (Å²) in [4.78, 5) is 2.47. The van der Waals surface area contributed by atoms with Crippen molar-refractivity contribution in [3.63, 3.8) is 0 Å². The van der Waals surface area contributed by atoms with E-state index < -0.39 is 0 Å². The van der Waals surface area contributed by atoms with E-state index in [1.54, 1.807) is 0 Å². The maximum Gasteiger partial charge on any atom is 0.0991 e. The molecule has 1 saturated carbocycles. The molecule has 0 heterocycles. The molecule has 0 bridgehead atoms. The van der Waals surface area contributed by atoms with Crippen molar-refractivity contribution < 1.29 is 0 Å². The van der Waals surface area contributed by atoms with Gasteiger partial charge < -0.3 is 0 Å². The second-order valence-corrected chi connectivity index (χ2v) is 4.58. The second kappa shape index (κ2) is 5.14.